The third-order valence-electron chi connectivity index (χ3n) is 8.96. The van der Waals surface area contributed by atoms with Gasteiger partial charge in [-0.15, -0.1) is 11.6 Å². The lowest BCUT2D eigenvalue weighted by Crippen LogP contribution is -2.70. The van der Waals surface area contributed by atoms with E-state index in [2.05, 4.69) is 0 Å². The first-order valence-electron chi connectivity index (χ1n) is 11.2. The number of carbonyl (C=O) groups excluding carboxylic acids is 3. The fourth-order valence-corrected chi connectivity index (χ4v) is 8.69. The number of esters is 1. The molecule has 0 unspecified atom stereocenters. The average molecular weight is 503 g/mol. The van der Waals surface area contributed by atoms with Gasteiger partial charge in [0.15, 0.2) is 17.1 Å². The number of hydrogen-bond acceptors (Lipinski definition) is 6. The molecule has 0 aromatic rings. The zero-order valence-electron chi connectivity index (χ0n) is 19.1. The van der Waals surface area contributed by atoms with Gasteiger partial charge in [0.1, 0.15) is 6.17 Å². The second-order valence-electron chi connectivity index (χ2n) is 10.4. The zero-order chi connectivity index (χ0) is 24.6. The van der Waals surface area contributed by atoms with Gasteiger partial charge in [-0.1, -0.05) is 31.7 Å². The summed E-state index contributed by atoms with van der Waals surface area (Å²) in [6, 6.07) is 0. The first-order valence-corrected chi connectivity index (χ1v) is 12.7. The van der Waals surface area contributed by atoms with Gasteiger partial charge >= 0.3 is 5.97 Å². The summed E-state index contributed by atoms with van der Waals surface area (Å²) in [7, 11) is 0. The fraction of sp³-hybridized carbons (Fsp3) is 0.708. The lowest BCUT2D eigenvalue weighted by molar-refractivity contribution is -0.228. The van der Waals surface area contributed by atoms with E-state index in [1.54, 1.807) is 13.8 Å². The van der Waals surface area contributed by atoms with Gasteiger partial charge in [0.25, 0.3) is 0 Å². The number of allylic oxidation sites excluding steroid dienone is 4. The molecule has 0 bridgehead atoms. The molecule has 3 saturated carbocycles. The molecule has 4 rings (SSSR count). The van der Waals surface area contributed by atoms with Crippen LogP contribution in [-0.2, 0) is 19.1 Å². The first-order chi connectivity index (χ1) is 15.3. The maximum atomic E-state index is 17.2. The first kappa shape index (κ1) is 24.9. The maximum absolute atomic E-state index is 17.2. The molecule has 0 radical (unpaired) electrons. The van der Waals surface area contributed by atoms with Crippen molar-refractivity contribution in [1.82, 2.24) is 0 Å². The van der Waals surface area contributed by atoms with Gasteiger partial charge in [-0.25, -0.2) is 8.78 Å². The van der Waals surface area contributed by atoms with Crippen molar-refractivity contribution in [3.05, 3.63) is 23.8 Å². The maximum Gasteiger partial charge on any atom is 0.303 e. The van der Waals surface area contributed by atoms with Gasteiger partial charge in [0, 0.05) is 29.6 Å². The number of ether oxygens (including phenoxy) is 1. The van der Waals surface area contributed by atoms with E-state index in [0.29, 0.717) is 6.42 Å². The Balaban J connectivity index is 1.88. The van der Waals surface area contributed by atoms with Crippen LogP contribution in [0.2, 0.25) is 0 Å². The second kappa shape index (κ2) is 7.89. The van der Waals surface area contributed by atoms with Gasteiger partial charge in [-0.3, -0.25) is 14.4 Å². The Morgan fingerprint density at radius 2 is 1.97 bits per heavy atom. The van der Waals surface area contributed by atoms with Gasteiger partial charge in [0.2, 0.25) is 5.12 Å². The van der Waals surface area contributed by atoms with Crippen molar-refractivity contribution in [2.24, 2.45) is 28.6 Å². The quantitative estimate of drug-likeness (QED) is 0.457. The smallest absolute Gasteiger partial charge is 0.303 e. The molecular formula is C24H29ClF2O5S. The molecule has 182 valence electrons. The van der Waals surface area contributed by atoms with E-state index in [1.807, 2.05) is 0 Å². The van der Waals surface area contributed by atoms with Crippen LogP contribution >= 0.6 is 23.4 Å². The summed E-state index contributed by atoms with van der Waals surface area (Å²) in [5, 5.41) is 10.9. The Morgan fingerprint density at radius 3 is 2.58 bits per heavy atom. The number of hydrogen-bond donors (Lipinski definition) is 1. The summed E-state index contributed by atoms with van der Waals surface area (Å²) < 4.78 is 38.4. The van der Waals surface area contributed by atoms with Gasteiger partial charge < -0.3 is 9.84 Å². The summed E-state index contributed by atoms with van der Waals surface area (Å²) in [6.07, 6.45) is 0.545. The van der Waals surface area contributed by atoms with Crippen LogP contribution in [0.1, 0.15) is 47.0 Å². The standard InChI is InChI=1S/C24H29ClF2O5S/c1-12-7-15-16-9-18(26)17-8-14(29)5-6-21(17,3)23(16,27)19(30)10-22(15,4)24(12,32-13(2)28)20(31)33-11-25/h5-6,8,12,15-16,18-19,30H,7,9-11H2,1-4H3/t12-,15+,16+,18+,19+,21+,22+,23+,24+/m1/s1. The number of thioether (sulfide) groups is 1. The Bertz CT molecular complexity index is 971. The van der Waals surface area contributed by atoms with Crippen LogP contribution in [0.4, 0.5) is 8.78 Å². The molecule has 1 N–H and O–H groups in total. The molecule has 4 aliphatic rings. The van der Waals surface area contributed by atoms with Crippen molar-refractivity contribution >= 4 is 40.2 Å². The monoisotopic (exact) mass is 502 g/mol. The third kappa shape index (κ3) is 3.02. The van der Waals surface area contributed by atoms with Crippen LogP contribution in [0.15, 0.2) is 23.8 Å². The molecule has 5 nitrogen and oxygen atoms in total. The van der Waals surface area contributed by atoms with Crippen molar-refractivity contribution in [2.45, 2.75) is 70.5 Å². The summed E-state index contributed by atoms with van der Waals surface area (Å²) >= 11 is 6.65. The molecule has 9 atom stereocenters. The molecular weight excluding hydrogens is 474 g/mol. The van der Waals surface area contributed by atoms with E-state index in [1.165, 1.54) is 26.0 Å². The molecule has 0 aliphatic heterocycles. The number of aliphatic hydroxyl groups excluding tert-OH is 1. The van der Waals surface area contributed by atoms with Crippen molar-refractivity contribution < 1.29 is 33.0 Å². The highest BCUT2D eigenvalue weighted by molar-refractivity contribution is 8.14. The van der Waals surface area contributed by atoms with E-state index < -0.39 is 69.0 Å². The molecule has 0 heterocycles. The number of fused-ring (bicyclic) bond motifs is 5. The molecule has 0 saturated heterocycles. The zero-order valence-corrected chi connectivity index (χ0v) is 20.6. The molecule has 0 aromatic heterocycles. The van der Waals surface area contributed by atoms with Crippen LogP contribution in [0.5, 0.6) is 0 Å². The van der Waals surface area contributed by atoms with E-state index in [-0.39, 0.29) is 23.6 Å². The van der Waals surface area contributed by atoms with Crippen molar-refractivity contribution in [3.8, 4) is 0 Å². The predicted octanol–water partition coefficient (Wildman–Crippen LogP) is 4.31. The Labute approximate surface area is 201 Å². The largest absolute Gasteiger partial charge is 0.449 e. The van der Waals surface area contributed by atoms with E-state index in [0.717, 1.165) is 17.8 Å². The van der Waals surface area contributed by atoms with E-state index in [4.69, 9.17) is 16.3 Å². The molecule has 0 spiro atoms. The SMILES string of the molecule is CC(=O)O[C@]1(C(=O)SCCl)[C@H](C)C[C@H]2[C@@H]3C[C@H](F)C4=CC(=O)C=C[C@]4(C)[C@@]3(F)[C@@H](O)C[C@@]21C. The summed E-state index contributed by atoms with van der Waals surface area (Å²) in [6.45, 7) is 6.25. The van der Waals surface area contributed by atoms with Crippen LogP contribution in [-0.4, -0.2) is 50.7 Å². The Hall–Kier alpha value is -1.25. The number of aliphatic hydroxyl groups is 1. The van der Waals surface area contributed by atoms with Crippen LogP contribution in [0.25, 0.3) is 0 Å². The highest BCUT2D eigenvalue weighted by Crippen LogP contribution is 2.72. The van der Waals surface area contributed by atoms with Crippen LogP contribution in [0, 0.1) is 28.6 Å². The molecule has 9 heteroatoms. The molecule has 4 aliphatic carbocycles. The number of rotatable bonds is 3. The number of carbonyl (C=O) groups is 3. The van der Waals surface area contributed by atoms with Gasteiger partial charge in [-0.05, 0) is 49.8 Å². The number of alkyl halides is 3. The normalized spacial score (nSPS) is 48.4. The Morgan fingerprint density at radius 1 is 1.30 bits per heavy atom. The van der Waals surface area contributed by atoms with Gasteiger partial charge in [0.05, 0.1) is 11.3 Å². The van der Waals surface area contributed by atoms with Crippen molar-refractivity contribution in [1.29, 1.82) is 0 Å². The van der Waals surface area contributed by atoms with Crippen molar-refractivity contribution in [2.75, 3.05) is 5.21 Å². The molecule has 0 aromatic carbocycles. The number of ketones is 1. The Kier molecular flexibility index (Phi) is 5.94. The predicted molar refractivity (Wildman–Crippen MR) is 121 cm³/mol. The summed E-state index contributed by atoms with van der Waals surface area (Å²) in [4.78, 5) is 37.5. The lowest BCUT2D eigenvalue weighted by atomic mass is 9.44. The summed E-state index contributed by atoms with van der Waals surface area (Å²) in [5.41, 5.74) is -6.46. The highest BCUT2D eigenvalue weighted by Gasteiger charge is 2.78. The minimum Gasteiger partial charge on any atom is -0.449 e. The van der Waals surface area contributed by atoms with Crippen LogP contribution in [0.3, 0.4) is 0 Å². The highest BCUT2D eigenvalue weighted by atomic mass is 35.5. The molecule has 0 amide bonds. The van der Waals surface area contributed by atoms with E-state index >= 15 is 8.78 Å². The minimum atomic E-state index is -2.25. The van der Waals surface area contributed by atoms with Crippen molar-refractivity contribution in [3.63, 3.8) is 0 Å². The molecule has 3 fully saturated rings. The van der Waals surface area contributed by atoms with E-state index in [9.17, 15) is 19.5 Å². The average Bonchev–Trinajstić information content (AvgIpc) is 2.93. The summed E-state index contributed by atoms with van der Waals surface area (Å²) in [5.74, 6) is -3.04. The topological polar surface area (TPSA) is 80.7 Å². The minimum absolute atomic E-state index is 0.0440. The van der Waals surface area contributed by atoms with Gasteiger partial charge in [-0.2, -0.15) is 0 Å². The lowest BCUT2D eigenvalue weighted by Gasteiger charge is -2.63. The molecule has 33 heavy (non-hydrogen) atoms. The number of halogens is 3. The second-order valence-corrected chi connectivity index (χ2v) is 11.9. The third-order valence-corrected chi connectivity index (χ3v) is 9.96. The van der Waals surface area contributed by atoms with Crippen LogP contribution < -0.4 is 0 Å². The fourth-order valence-electron chi connectivity index (χ4n) is 7.60.